The Bertz CT molecular complexity index is 98.7. The minimum absolute atomic E-state index is 0. The molecule has 0 saturated heterocycles. The van der Waals surface area contributed by atoms with Gasteiger partial charge in [0.05, 0.1) is 5.29 Å². The van der Waals surface area contributed by atoms with E-state index in [0.717, 1.165) is 0 Å². The normalized spacial score (nSPS) is 6.00. The molecule has 0 radical (unpaired) electrons. The molecule has 0 heterocycles. The predicted octanol–water partition coefficient (Wildman–Crippen LogP) is 0.894. The van der Waals surface area contributed by atoms with Crippen LogP contribution in [0.15, 0.2) is 5.29 Å². The van der Waals surface area contributed by atoms with Crippen molar-refractivity contribution in [1.29, 1.82) is 5.26 Å². The molecule has 0 aliphatic carbocycles. The van der Waals surface area contributed by atoms with Crippen molar-refractivity contribution < 1.29 is 3.17 Å². The minimum Gasteiger partial charge on any atom is -0.344 e. The highest BCUT2D eigenvalue weighted by Crippen LogP contribution is 1.92. The molecule has 7 heteroatoms. The van der Waals surface area contributed by atoms with Gasteiger partial charge in [-0.2, -0.15) is 8.43 Å². The van der Waals surface area contributed by atoms with Crippen LogP contribution in [0.5, 0.6) is 0 Å². The van der Waals surface area contributed by atoms with E-state index >= 15 is 0 Å². The molecule has 3 N–H and O–H groups in total. The molecule has 0 atom stereocenters. The molecular weight excluding hydrogens is 227 g/mol. The van der Waals surface area contributed by atoms with Crippen LogP contribution < -0.4 is 6.15 Å². The van der Waals surface area contributed by atoms with E-state index in [1.807, 2.05) is 0 Å². The number of hydroxylamine groups is 1. The van der Waals surface area contributed by atoms with Crippen LogP contribution in [0, 0.1) is 16.4 Å². The summed E-state index contributed by atoms with van der Waals surface area (Å²) in [6.45, 7) is 0. The van der Waals surface area contributed by atoms with Crippen LogP contribution in [0.2, 0.25) is 0 Å². The molecular formula is CH3IN4O2. The Labute approximate surface area is 59.6 Å². The smallest absolute Gasteiger partial charge is 0.233 e. The zero-order chi connectivity index (χ0) is 5.70. The van der Waals surface area contributed by atoms with Crippen LogP contribution in [-0.2, 0) is 3.17 Å². The second-order valence-corrected chi connectivity index (χ2v) is 0.917. The second kappa shape index (κ2) is 6.54. The summed E-state index contributed by atoms with van der Waals surface area (Å²) in [5.41, 5.74) is 0. The van der Waals surface area contributed by atoms with Crippen LogP contribution in [0.1, 0.15) is 0 Å². The van der Waals surface area contributed by atoms with Crippen molar-refractivity contribution >= 4 is 23.0 Å². The topological polar surface area (TPSA) is 101 Å². The van der Waals surface area contributed by atoms with Crippen LogP contribution in [0.4, 0.5) is 0 Å². The average Bonchev–Trinajstić information content (AvgIpc) is 1.72. The average molecular weight is 230 g/mol. The third-order valence-corrected chi connectivity index (χ3v) is 0.598. The first-order chi connectivity index (χ1) is 3.35. The van der Waals surface area contributed by atoms with Crippen LogP contribution in [0.25, 0.3) is 0 Å². The van der Waals surface area contributed by atoms with Gasteiger partial charge in [0, 0.05) is 0 Å². The maximum atomic E-state index is 9.29. The highest BCUT2D eigenvalue weighted by molar-refractivity contribution is 14.1. The monoisotopic (exact) mass is 230 g/mol. The van der Waals surface area contributed by atoms with E-state index in [4.69, 9.17) is 5.26 Å². The van der Waals surface area contributed by atoms with Gasteiger partial charge in [0.1, 0.15) is 23.0 Å². The Balaban J connectivity index is 0. The number of hydrogen-bond donors (Lipinski definition) is 1. The van der Waals surface area contributed by atoms with Crippen molar-refractivity contribution in [1.82, 2.24) is 11.3 Å². The third kappa shape index (κ3) is 3.72. The molecule has 0 aromatic heterocycles. The van der Waals surface area contributed by atoms with Crippen LogP contribution in [0.3, 0.4) is 0 Å². The molecule has 0 rings (SSSR count). The number of nitriles is 1. The molecule has 0 bridgehead atoms. The summed E-state index contributed by atoms with van der Waals surface area (Å²) in [6.07, 6.45) is 1.33. The van der Waals surface area contributed by atoms with Crippen LogP contribution in [-0.4, -0.2) is 5.17 Å². The molecule has 0 amide bonds. The summed E-state index contributed by atoms with van der Waals surface area (Å²) >= 11 is 1.36. The first-order valence-electron chi connectivity index (χ1n) is 1.17. The molecule has 0 aromatic rings. The van der Waals surface area contributed by atoms with E-state index in [1.165, 1.54) is 29.2 Å². The highest BCUT2D eigenvalue weighted by atomic mass is 127. The van der Waals surface area contributed by atoms with Gasteiger partial charge in [0.2, 0.25) is 6.19 Å². The minimum atomic E-state index is 0. The quantitative estimate of drug-likeness (QED) is 0.249. The molecule has 0 fully saturated rings. The maximum Gasteiger partial charge on any atom is 0.233 e. The lowest BCUT2D eigenvalue weighted by Gasteiger charge is -1.91. The molecule has 0 spiro atoms. The number of halogens is 1. The fourth-order valence-corrected chi connectivity index (χ4v) is 0.206. The second-order valence-electron chi connectivity index (χ2n) is 0.524. The molecule has 8 heavy (non-hydrogen) atoms. The van der Waals surface area contributed by atoms with Crippen LogP contribution >= 0.6 is 23.0 Å². The van der Waals surface area contributed by atoms with E-state index < -0.39 is 0 Å². The molecule has 0 aliphatic rings. The van der Waals surface area contributed by atoms with E-state index in [9.17, 15) is 4.91 Å². The molecule has 0 unspecified atom stereocenters. The Morgan fingerprint density at radius 2 is 2.38 bits per heavy atom. The summed E-state index contributed by atoms with van der Waals surface area (Å²) in [7, 11) is 0. The summed E-state index contributed by atoms with van der Waals surface area (Å²) in [5, 5.41) is 10.1. The molecule has 0 aromatic carbocycles. The summed E-state index contributed by atoms with van der Waals surface area (Å²) < 4.78 is 4.01. The van der Waals surface area contributed by atoms with E-state index in [1.54, 1.807) is 0 Å². The van der Waals surface area contributed by atoms with Gasteiger partial charge in [-0.05, 0) is 5.17 Å². The van der Waals surface area contributed by atoms with Gasteiger partial charge in [-0.15, -0.1) is 4.91 Å². The molecule has 6 nitrogen and oxygen atoms in total. The largest absolute Gasteiger partial charge is 0.344 e. The van der Waals surface area contributed by atoms with Crippen molar-refractivity contribution in [3.63, 3.8) is 0 Å². The van der Waals surface area contributed by atoms with Crippen molar-refractivity contribution in [2.75, 3.05) is 0 Å². The number of hydrogen-bond acceptors (Lipinski definition) is 5. The van der Waals surface area contributed by atoms with Crippen molar-refractivity contribution in [3.05, 3.63) is 4.91 Å². The standard InChI is InChI=1S/CIN3O2.H3N/c2-7-5(1-3)4-6;/h;1H3. The zero-order valence-corrected chi connectivity index (χ0v) is 5.90. The molecule has 0 saturated carbocycles. The molecule has 0 aliphatic heterocycles. The van der Waals surface area contributed by atoms with E-state index in [0.29, 0.717) is 0 Å². The van der Waals surface area contributed by atoms with E-state index in [-0.39, 0.29) is 11.3 Å². The summed E-state index contributed by atoms with van der Waals surface area (Å²) in [5.74, 6) is 0. The van der Waals surface area contributed by atoms with Gasteiger partial charge < -0.3 is 6.15 Å². The predicted molar refractivity (Wildman–Crippen MR) is 33.4 cm³/mol. The Hall–Kier alpha value is -0.460. The van der Waals surface area contributed by atoms with Gasteiger partial charge in [0.15, 0.2) is 0 Å². The van der Waals surface area contributed by atoms with Gasteiger partial charge in [-0.25, -0.2) is 0 Å². The molecule has 46 valence electrons. The van der Waals surface area contributed by atoms with Crippen molar-refractivity contribution in [2.45, 2.75) is 0 Å². The van der Waals surface area contributed by atoms with Gasteiger partial charge >= 0.3 is 0 Å². The zero-order valence-electron chi connectivity index (χ0n) is 3.74. The van der Waals surface area contributed by atoms with E-state index in [2.05, 4.69) is 8.45 Å². The Morgan fingerprint density at radius 1 is 1.88 bits per heavy atom. The Kier molecular flexibility index (Phi) is 8.59. The fourth-order valence-electron chi connectivity index (χ4n) is 0.0463. The fraction of sp³-hybridized carbons (Fsp3) is 0. The highest BCUT2D eigenvalue weighted by Gasteiger charge is 1.92. The third-order valence-electron chi connectivity index (χ3n) is 0.225. The summed E-state index contributed by atoms with van der Waals surface area (Å²) in [4.78, 5) is 9.29. The SMILES string of the molecule is N.N#CN(N=O)OI. The Morgan fingerprint density at radius 3 is 2.38 bits per heavy atom. The lowest BCUT2D eigenvalue weighted by atomic mass is 11.4. The lowest BCUT2D eigenvalue weighted by Crippen LogP contribution is -2.00. The first-order valence-corrected chi connectivity index (χ1v) is 2.05. The van der Waals surface area contributed by atoms with Gasteiger partial charge in [0.25, 0.3) is 0 Å². The van der Waals surface area contributed by atoms with Gasteiger partial charge in [-0.1, -0.05) is 0 Å². The van der Waals surface area contributed by atoms with Crippen molar-refractivity contribution in [3.8, 4) is 6.19 Å². The number of rotatable bonds is 2. The first kappa shape index (κ1) is 10.5. The lowest BCUT2D eigenvalue weighted by molar-refractivity contribution is 0.0621. The maximum absolute atomic E-state index is 9.29. The summed E-state index contributed by atoms with van der Waals surface area (Å²) in [6, 6.07) is 0. The number of nitroso groups, excluding NO2 is 1. The van der Waals surface area contributed by atoms with Crippen molar-refractivity contribution in [2.24, 2.45) is 5.29 Å². The number of nitrogens with zero attached hydrogens (tertiary/aromatic N) is 3. The van der Waals surface area contributed by atoms with Gasteiger partial charge in [-0.3, -0.25) is 0 Å².